The molecule has 10 heteroatoms. The fourth-order valence-corrected chi connectivity index (χ4v) is 5.43. The van der Waals surface area contributed by atoms with E-state index in [9.17, 15) is 23.1 Å². The summed E-state index contributed by atoms with van der Waals surface area (Å²) in [5.41, 5.74) is 0.879. The number of carboxylic acid groups (broad SMARTS) is 1. The van der Waals surface area contributed by atoms with Gasteiger partial charge in [-0.05, 0) is 42.9 Å². The number of nitrogens with zero attached hydrogens (tertiary/aromatic N) is 1. The number of hydrogen-bond acceptors (Lipinski definition) is 4. The second kappa shape index (κ2) is 12.1. The van der Waals surface area contributed by atoms with Gasteiger partial charge in [-0.25, -0.2) is 0 Å². The van der Waals surface area contributed by atoms with Crippen LogP contribution in [0.3, 0.4) is 0 Å². The number of hydrogen-bond donors (Lipinski definition) is 2. The van der Waals surface area contributed by atoms with Crippen molar-refractivity contribution in [3.8, 4) is 0 Å². The van der Waals surface area contributed by atoms with Gasteiger partial charge in [0.05, 0.1) is 10.7 Å². The third-order valence-electron chi connectivity index (χ3n) is 7.18. The predicted octanol–water partition coefficient (Wildman–Crippen LogP) is 8.18. The Balaban J connectivity index is 1.81. The number of aromatic nitrogens is 1. The lowest BCUT2D eigenvalue weighted by molar-refractivity contribution is -0.139. The molecule has 37 heavy (non-hydrogen) atoms. The zero-order valence-corrected chi connectivity index (χ0v) is 24.5. The van der Waals surface area contributed by atoms with Gasteiger partial charge in [-0.1, -0.05) is 90.8 Å². The largest absolute Gasteiger partial charge is 0.481 e. The fraction of sp³-hybridized carbons (Fsp3) is 0.630. The van der Waals surface area contributed by atoms with Crippen molar-refractivity contribution >= 4 is 40.2 Å². The highest BCUT2D eigenvalue weighted by Gasteiger charge is 2.45. The number of nitrogens with one attached hydrogen (secondary N) is 1. The first-order valence-corrected chi connectivity index (χ1v) is 14.5. The van der Waals surface area contributed by atoms with E-state index >= 15 is 0 Å². The van der Waals surface area contributed by atoms with E-state index in [0.717, 1.165) is 22.1 Å². The van der Waals surface area contributed by atoms with Crippen molar-refractivity contribution in [2.75, 3.05) is 11.0 Å². The Morgan fingerprint density at radius 3 is 2.49 bits per heavy atom. The summed E-state index contributed by atoms with van der Waals surface area (Å²) in [5, 5.41) is 16.9. The Bertz CT molecular complexity index is 1080. The van der Waals surface area contributed by atoms with Gasteiger partial charge < -0.3 is 14.9 Å². The van der Waals surface area contributed by atoms with Crippen molar-refractivity contribution in [3.05, 3.63) is 51.5 Å². The fourth-order valence-electron chi connectivity index (χ4n) is 4.83. The molecule has 0 saturated heterocycles. The summed E-state index contributed by atoms with van der Waals surface area (Å²) in [6.07, 6.45) is 2.50. The van der Waals surface area contributed by atoms with Crippen LogP contribution in [-0.2, 0) is 11.0 Å². The van der Waals surface area contributed by atoms with Crippen LogP contribution in [0.4, 0.5) is 13.2 Å². The molecule has 1 aromatic rings. The van der Waals surface area contributed by atoms with Crippen LogP contribution in [0.5, 0.6) is 0 Å². The van der Waals surface area contributed by atoms with Gasteiger partial charge in [0.25, 0.3) is 0 Å². The Hall–Kier alpha value is -1.49. The van der Waals surface area contributed by atoms with Gasteiger partial charge >= 0.3 is 12.1 Å². The van der Waals surface area contributed by atoms with Crippen molar-refractivity contribution in [2.24, 2.45) is 17.3 Å². The van der Waals surface area contributed by atoms with Gasteiger partial charge in [0.2, 0.25) is 0 Å². The summed E-state index contributed by atoms with van der Waals surface area (Å²) in [7, 11) is 0. The second-order valence-electron chi connectivity index (χ2n) is 11.1. The maximum atomic E-state index is 14.3. The predicted molar refractivity (Wildman–Crippen MR) is 147 cm³/mol. The molecule has 1 aromatic heterocycles. The average Bonchev–Trinajstić information content (AvgIpc) is 3.21. The van der Waals surface area contributed by atoms with Crippen molar-refractivity contribution in [3.63, 3.8) is 0 Å². The zero-order valence-electron chi connectivity index (χ0n) is 21.6. The molecule has 4 atom stereocenters. The molecule has 206 valence electrons. The van der Waals surface area contributed by atoms with Crippen LogP contribution in [0.1, 0.15) is 88.7 Å². The van der Waals surface area contributed by atoms with Crippen LogP contribution in [0.15, 0.2) is 39.1 Å². The first kappa shape index (κ1) is 30.1. The summed E-state index contributed by atoms with van der Waals surface area (Å²) >= 11 is 8.68. The Kier molecular flexibility index (Phi) is 9.86. The van der Waals surface area contributed by atoms with E-state index in [4.69, 9.17) is 16.1 Å². The molecule has 2 aliphatic rings. The van der Waals surface area contributed by atoms with Gasteiger partial charge in [-0.2, -0.15) is 13.2 Å². The molecular weight excluding hydrogens is 620 g/mol. The van der Waals surface area contributed by atoms with E-state index in [1.807, 2.05) is 18.2 Å². The number of rotatable bonds is 12. The first-order valence-electron chi connectivity index (χ1n) is 12.6. The lowest BCUT2D eigenvalue weighted by atomic mass is 9.75. The lowest BCUT2D eigenvalue weighted by Crippen LogP contribution is -2.23. The van der Waals surface area contributed by atoms with Crippen LogP contribution in [0.25, 0.3) is 0 Å². The molecule has 1 heterocycles. The minimum Gasteiger partial charge on any atom is -0.481 e. The monoisotopic (exact) mass is 654 g/mol. The van der Waals surface area contributed by atoms with E-state index in [1.54, 1.807) is 0 Å². The number of halogens is 5. The molecule has 0 amide bonds. The molecule has 0 bridgehead atoms. The van der Waals surface area contributed by atoms with E-state index in [0.29, 0.717) is 18.0 Å². The molecule has 4 unspecified atom stereocenters. The summed E-state index contributed by atoms with van der Waals surface area (Å²) in [5.74, 6) is -1.89. The highest BCUT2D eigenvalue weighted by molar-refractivity contribution is 14.1. The molecule has 0 spiro atoms. The third kappa shape index (κ3) is 7.77. The van der Waals surface area contributed by atoms with Gasteiger partial charge in [-0.15, -0.1) is 0 Å². The van der Waals surface area contributed by atoms with Gasteiger partial charge in [0.1, 0.15) is 5.56 Å². The normalized spacial score (nSPS) is 23.1. The smallest absolute Gasteiger partial charge is 0.421 e. The molecule has 0 radical (unpaired) electrons. The minimum absolute atomic E-state index is 0.0255. The molecule has 5 nitrogen and oxygen atoms in total. The standard InChI is InChI=1S/C27H35ClF3IN2O3/c1-15-9-20(28)21(10-16(15)2)33-8-7-18(5-6-22(35)36)24-23(27(29,30)31)25(37-34-24)19-11-17(12-19)13-26(3,4)14-32/h9-11,15-16,18-19,33H,5-8,12-14H2,1-4H3,(H,35,36). The number of aliphatic carboxylic acids is 1. The topological polar surface area (TPSA) is 75.4 Å². The molecule has 2 aliphatic carbocycles. The van der Waals surface area contributed by atoms with E-state index in [2.05, 4.69) is 60.8 Å². The number of carboxylic acids is 1. The van der Waals surface area contributed by atoms with Gasteiger partial charge in [0, 0.05) is 34.9 Å². The first-order chi connectivity index (χ1) is 17.2. The highest BCUT2D eigenvalue weighted by atomic mass is 127. The Morgan fingerprint density at radius 1 is 1.24 bits per heavy atom. The molecule has 2 N–H and O–H groups in total. The van der Waals surface area contributed by atoms with Gasteiger partial charge in [0.15, 0.2) is 5.76 Å². The number of carbonyl (C=O) groups is 1. The summed E-state index contributed by atoms with van der Waals surface area (Å²) < 4.78 is 49.2. The Morgan fingerprint density at radius 2 is 1.89 bits per heavy atom. The molecule has 0 aliphatic heterocycles. The number of alkyl halides is 4. The molecule has 0 aromatic carbocycles. The van der Waals surface area contributed by atoms with E-state index in [1.165, 1.54) is 0 Å². The van der Waals surface area contributed by atoms with Crippen molar-refractivity contribution in [1.82, 2.24) is 10.5 Å². The second-order valence-corrected chi connectivity index (χ2v) is 12.2. The van der Waals surface area contributed by atoms with Crippen LogP contribution in [0, 0.1) is 17.3 Å². The molecule has 0 fully saturated rings. The maximum absolute atomic E-state index is 14.3. The summed E-state index contributed by atoms with van der Waals surface area (Å²) in [4.78, 5) is 11.3. The third-order valence-corrected chi connectivity index (χ3v) is 9.57. The van der Waals surface area contributed by atoms with Gasteiger partial charge in [-0.3, -0.25) is 4.79 Å². The van der Waals surface area contributed by atoms with Crippen LogP contribution >= 0.6 is 34.2 Å². The number of allylic oxidation sites excluding steroid dienone is 5. The average molecular weight is 655 g/mol. The SMILES string of the molecule is CC1C=C(Cl)C(NCCC(CCC(=O)O)c2noc(C3C=C(CC(C)(C)CI)C3)c2C(F)(F)F)=CC1C. The van der Waals surface area contributed by atoms with Crippen LogP contribution in [0.2, 0.25) is 0 Å². The van der Waals surface area contributed by atoms with E-state index in [-0.39, 0.29) is 48.0 Å². The van der Waals surface area contributed by atoms with E-state index < -0.39 is 29.5 Å². The van der Waals surface area contributed by atoms with Crippen LogP contribution in [-0.4, -0.2) is 27.2 Å². The van der Waals surface area contributed by atoms with Crippen LogP contribution < -0.4 is 5.32 Å². The zero-order chi connectivity index (χ0) is 27.5. The van der Waals surface area contributed by atoms with Crippen molar-refractivity contribution in [1.29, 1.82) is 0 Å². The quantitative estimate of drug-likeness (QED) is 0.135. The highest BCUT2D eigenvalue weighted by Crippen LogP contribution is 2.48. The lowest BCUT2D eigenvalue weighted by Gasteiger charge is -2.31. The molecular formula is C27H35ClF3IN2O3. The minimum atomic E-state index is -4.66. The molecule has 0 saturated carbocycles. The summed E-state index contributed by atoms with van der Waals surface area (Å²) in [6, 6.07) is 0. The Labute approximate surface area is 235 Å². The van der Waals surface area contributed by atoms with Crippen molar-refractivity contribution in [2.45, 2.75) is 77.8 Å². The molecule has 3 rings (SSSR count). The summed E-state index contributed by atoms with van der Waals surface area (Å²) in [6.45, 7) is 8.72. The van der Waals surface area contributed by atoms with Crippen molar-refractivity contribution < 1.29 is 27.6 Å². The maximum Gasteiger partial charge on any atom is 0.421 e.